The molecule has 1 aromatic carbocycles. The van der Waals surface area contributed by atoms with Crippen LogP contribution in [-0.4, -0.2) is 41.6 Å². The standard InChI is InChI=1S/C15H19N3O3S/c1-10(9-20-2)21-14(19)12-13(16)17-15(22-3)18(12)11-7-5-4-6-8-11/h4-8,10H,9,16H2,1-3H3. The number of nitrogens with zero attached hydrogens (tertiary/aromatic N) is 2. The van der Waals surface area contributed by atoms with Gasteiger partial charge in [-0.1, -0.05) is 30.0 Å². The van der Waals surface area contributed by atoms with E-state index in [1.165, 1.54) is 11.8 Å². The highest BCUT2D eigenvalue weighted by Gasteiger charge is 2.25. The van der Waals surface area contributed by atoms with Crippen molar-refractivity contribution < 1.29 is 14.3 Å². The van der Waals surface area contributed by atoms with E-state index in [4.69, 9.17) is 15.2 Å². The number of esters is 1. The Morgan fingerprint density at radius 2 is 2.09 bits per heavy atom. The number of carbonyl (C=O) groups excluding carboxylic acids is 1. The van der Waals surface area contributed by atoms with Crippen LogP contribution in [-0.2, 0) is 9.47 Å². The van der Waals surface area contributed by atoms with Crippen molar-refractivity contribution in [3.8, 4) is 5.69 Å². The molecule has 6 nitrogen and oxygen atoms in total. The van der Waals surface area contributed by atoms with Crippen LogP contribution in [0.25, 0.3) is 5.69 Å². The van der Waals surface area contributed by atoms with Crippen molar-refractivity contribution in [3.63, 3.8) is 0 Å². The van der Waals surface area contributed by atoms with Gasteiger partial charge in [-0.2, -0.15) is 0 Å². The number of methoxy groups -OCH3 is 1. The molecule has 1 aromatic heterocycles. The number of rotatable bonds is 6. The van der Waals surface area contributed by atoms with Crippen molar-refractivity contribution in [2.75, 3.05) is 25.7 Å². The quantitative estimate of drug-likeness (QED) is 0.650. The normalized spacial score (nSPS) is 12.1. The molecule has 118 valence electrons. The summed E-state index contributed by atoms with van der Waals surface area (Å²) in [7, 11) is 1.55. The summed E-state index contributed by atoms with van der Waals surface area (Å²) in [6.07, 6.45) is 1.51. The number of para-hydroxylation sites is 1. The first-order valence-electron chi connectivity index (χ1n) is 6.76. The van der Waals surface area contributed by atoms with E-state index in [1.54, 1.807) is 18.6 Å². The Morgan fingerprint density at radius 3 is 2.68 bits per heavy atom. The van der Waals surface area contributed by atoms with E-state index in [0.717, 1.165) is 5.69 Å². The summed E-state index contributed by atoms with van der Waals surface area (Å²) in [5.41, 5.74) is 6.97. The van der Waals surface area contributed by atoms with Gasteiger partial charge in [-0.3, -0.25) is 4.57 Å². The second-order valence-electron chi connectivity index (χ2n) is 4.67. The van der Waals surface area contributed by atoms with Gasteiger partial charge in [0.2, 0.25) is 0 Å². The summed E-state index contributed by atoms with van der Waals surface area (Å²) < 4.78 is 12.1. The molecule has 1 atom stereocenters. The van der Waals surface area contributed by atoms with Crippen LogP contribution in [0.1, 0.15) is 17.4 Å². The lowest BCUT2D eigenvalue weighted by Crippen LogP contribution is -2.22. The Labute approximate surface area is 133 Å². The summed E-state index contributed by atoms with van der Waals surface area (Å²) >= 11 is 1.41. The first-order chi connectivity index (χ1) is 10.6. The van der Waals surface area contributed by atoms with Crippen molar-refractivity contribution in [1.82, 2.24) is 9.55 Å². The van der Waals surface area contributed by atoms with Crippen LogP contribution >= 0.6 is 11.8 Å². The number of nitrogen functional groups attached to an aromatic ring is 1. The maximum atomic E-state index is 12.4. The summed E-state index contributed by atoms with van der Waals surface area (Å²) in [6.45, 7) is 2.08. The highest BCUT2D eigenvalue weighted by atomic mass is 32.2. The van der Waals surface area contributed by atoms with Crippen LogP contribution in [0.15, 0.2) is 35.5 Å². The van der Waals surface area contributed by atoms with Gasteiger partial charge < -0.3 is 15.2 Å². The molecule has 0 aliphatic rings. The number of benzene rings is 1. The van der Waals surface area contributed by atoms with E-state index in [1.807, 2.05) is 36.6 Å². The predicted molar refractivity (Wildman–Crippen MR) is 86.5 cm³/mol. The number of aromatic nitrogens is 2. The van der Waals surface area contributed by atoms with Crippen LogP contribution in [0, 0.1) is 0 Å². The summed E-state index contributed by atoms with van der Waals surface area (Å²) in [4.78, 5) is 16.7. The third-order valence-electron chi connectivity index (χ3n) is 2.97. The van der Waals surface area contributed by atoms with Crippen molar-refractivity contribution >= 4 is 23.5 Å². The largest absolute Gasteiger partial charge is 0.455 e. The van der Waals surface area contributed by atoms with E-state index < -0.39 is 5.97 Å². The predicted octanol–water partition coefficient (Wildman–Crippen LogP) is 2.37. The molecule has 1 unspecified atom stereocenters. The van der Waals surface area contributed by atoms with Gasteiger partial charge in [-0.15, -0.1) is 0 Å². The van der Waals surface area contributed by atoms with Crippen molar-refractivity contribution in [3.05, 3.63) is 36.0 Å². The lowest BCUT2D eigenvalue weighted by atomic mass is 10.3. The minimum Gasteiger partial charge on any atom is -0.455 e. The lowest BCUT2D eigenvalue weighted by Gasteiger charge is -2.14. The Hall–Kier alpha value is -1.99. The first kappa shape index (κ1) is 16.4. The fraction of sp³-hybridized carbons (Fsp3) is 0.333. The zero-order chi connectivity index (χ0) is 16.1. The second kappa shape index (κ2) is 7.33. The smallest absolute Gasteiger partial charge is 0.359 e. The molecule has 0 amide bonds. The molecular weight excluding hydrogens is 302 g/mol. The van der Waals surface area contributed by atoms with Crippen LogP contribution in [0.5, 0.6) is 0 Å². The van der Waals surface area contributed by atoms with Crippen molar-refractivity contribution in [2.24, 2.45) is 0 Å². The summed E-state index contributed by atoms with van der Waals surface area (Å²) in [5, 5.41) is 0.634. The number of ether oxygens (including phenoxy) is 2. The van der Waals surface area contributed by atoms with E-state index in [-0.39, 0.29) is 17.6 Å². The molecule has 0 bridgehead atoms. The molecule has 0 spiro atoms. The van der Waals surface area contributed by atoms with Gasteiger partial charge in [-0.05, 0) is 25.3 Å². The number of thioether (sulfide) groups is 1. The fourth-order valence-electron chi connectivity index (χ4n) is 2.07. The van der Waals surface area contributed by atoms with Gasteiger partial charge in [0, 0.05) is 12.8 Å². The topological polar surface area (TPSA) is 79.4 Å². The number of hydrogen-bond acceptors (Lipinski definition) is 6. The fourth-order valence-corrected chi connectivity index (χ4v) is 2.64. The maximum Gasteiger partial charge on any atom is 0.359 e. The zero-order valence-corrected chi connectivity index (χ0v) is 13.6. The highest BCUT2D eigenvalue weighted by molar-refractivity contribution is 7.98. The Morgan fingerprint density at radius 1 is 1.41 bits per heavy atom. The van der Waals surface area contributed by atoms with Crippen molar-refractivity contribution in [1.29, 1.82) is 0 Å². The third-order valence-corrected chi connectivity index (χ3v) is 3.61. The number of carbonyl (C=O) groups is 1. The molecule has 22 heavy (non-hydrogen) atoms. The Bertz CT molecular complexity index is 643. The molecule has 0 saturated heterocycles. The SMILES string of the molecule is COCC(C)OC(=O)c1c(N)nc(SC)n1-c1ccccc1. The van der Waals surface area contributed by atoms with Gasteiger partial charge in [0.05, 0.1) is 6.61 Å². The first-order valence-corrected chi connectivity index (χ1v) is 7.98. The molecule has 0 aliphatic heterocycles. The zero-order valence-electron chi connectivity index (χ0n) is 12.8. The van der Waals surface area contributed by atoms with Gasteiger partial charge in [-0.25, -0.2) is 9.78 Å². The molecule has 1 heterocycles. The average Bonchev–Trinajstić information content (AvgIpc) is 2.85. The molecule has 0 saturated carbocycles. The maximum absolute atomic E-state index is 12.4. The molecule has 7 heteroatoms. The molecule has 0 aliphatic carbocycles. The second-order valence-corrected chi connectivity index (χ2v) is 5.45. The van der Waals surface area contributed by atoms with Gasteiger partial charge in [0.25, 0.3) is 0 Å². The van der Waals surface area contributed by atoms with Gasteiger partial charge in [0.1, 0.15) is 6.10 Å². The van der Waals surface area contributed by atoms with E-state index >= 15 is 0 Å². The van der Waals surface area contributed by atoms with Crippen LogP contribution in [0.2, 0.25) is 0 Å². The minimum atomic E-state index is -0.515. The molecule has 2 aromatic rings. The summed E-state index contributed by atoms with van der Waals surface area (Å²) in [6, 6.07) is 9.45. The molecule has 2 rings (SSSR count). The number of anilines is 1. The van der Waals surface area contributed by atoms with Crippen LogP contribution in [0.4, 0.5) is 5.82 Å². The average molecular weight is 321 g/mol. The van der Waals surface area contributed by atoms with Gasteiger partial charge >= 0.3 is 5.97 Å². The lowest BCUT2D eigenvalue weighted by molar-refractivity contribution is 0.0113. The molecule has 0 fully saturated rings. The van der Waals surface area contributed by atoms with Gasteiger partial charge in [0.15, 0.2) is 16.7 Å². The number of hydrogen-bond donors (Lipinski definition) is 1. The van der Waals surface area contributed by atoms with Crippen LogP contribution in [0.3, 0.4) is 0 Å². The number of imidazole rings is 1. The number of nitrogens with two attached hydrogens (primary N) is 1. The highest BCUT2D eigenvalue weighted by Crippen LogP contribution is 2.26. The molecule has 0 radical (unpaired) electrons. The van der Waals surface area contributed by atoms with E-state index in [0.29, 0.717) is 11.8 Å². The van der Waals surface area contributed by atoms with E-state index in [9.17, 15) is 4.79 Å². The molecular formula is C15H19N3O3S. The third kappa shape index (κ3) is 3.42. The van der Waals surface area contributed by atoms with E-state index in [2.05, 4.69) is 4.98 Å². The Balaban J connectivity index is 2.43. The summed E-state index contributed by atoms with van der Waals surface area (Å²) in [5.74, 6) is -0.360. The monoisotopic (exact) mass is 321 g/mol. The Kier molecular flexibility index (Phi) is 5.46. The molecule has 2 N–H and O–H groups in total. The van der Waals surface area contributed by atoms with Crippen LogP contribution < -0.4 is 5.73 Å². The van der Waals surface area contributed by atoms with Crippen molar-refractivity contribution in [2.45, 2.75) is 18.2 Å². The minimum absolute atomic E-state index is 0.155.